The summed E-state index contributed by atoms with van der Waals surface area (Å²) in [5.74, 6) is 1.84. The number of para-hydroxylation sites is 3. The Hall–Kier alpha value is -2.82. The minimum Gasteiger partial charge on any atom is -0.494 e. The second-order valence-corrected chi connectivity index (χ2v) is 6.21. The summed E-state index contributed by atoms with van der Waals surface area (Å²) in [7, 11) is 0. The zero-order valence-electron chi connectivity index (χ0n) is 15.1. The number of fused-ring (bicyclic) bond motifs is 1. The van der Waals surface area contributed by atoms with Crippen molar-refractivity contribution in [1.82, 2.24) is 14.9 Å². The van der Waals surface area contributed by atoms with Crippen LogP contribution in [-0.2, 0) is 17.9 Å². The molecule has 0 aliphatic carbocycles. The van der Waals surface area contributed by atoms with Gasteiger partial charge in [-0.3, -0.25) is 4.79 Å². The molecule has 1 heterocycles. The number of rotatable bonds is 9. The Bertz CT molecular complexity index is 843. The van der Waals surface area contributed by atoms with E-state index in [2.05, 4.69) is 20.9 Å². The predicted molar refractivity (Wildman–Crippen MR) is 103 cm³/mol. The molecule has 0 unspecified atom stereocenters. The first-order valence-corrected chi connectivity index (χ1v) is 9.16. The molecule has 1 amide bonds. The lowest BCUT2D eigenvalue weighted by Gasteiger charge is -2.11. The average Bonchev–Trinajstić information content (AvgIpc) is 3.02. The highest BCUT2D eigenvalue weighted by Gasteiger charge is 2.11. The number of nitrogens with zero attached hydrogens (tertiary/aromatic N) is 2. The second-order valence-electron chi connectivity index (χ2n) is 6.21. The molecule has 0 atom stereocenters. The molecule has 0 fully saturated rings. The number of carbonyl (C=O) groups is 1. The van der Waals surface area contributed by atoms with Gasteiger partial charge in [-0.1, -0.05) is 37.3 Å². The van der Waals surface area contributed by atoms with Crippen molar-refractivity contribution in [3.05, 3.63) is 60.4 Å². The number of amides is 1. The quantitative estimate of drug-likeness (QED) is 0.595. The number of hydrogen-bond acceptors (Lipinski definition) is 3. The highest BCUT2D eigenvalue weighted by Crippen LogP contribution is 2.17. The van der Waals surface area contributed by atoms with E-state index < -0.39 is 0 Å². The maximum absolute atomic E-state index is 11.8. The van der Waals surface area contributed by atoms with E-state index in [0.717, 1.165) is 42.0 Å². The van der Waals surface area contributed by atoms with E-state index in [4.69, 9.17) is 4.74 Å². The summed E-state index contributed by atoms with van der Waals surface area (Å²) in [6, 6.07) is 17.9. The lowest BCUT2D eigenvalue weighted by atomic mass is 10.3. The fraction of sp³-hybridized carbons (Fsp3) is 0.333. The Balaban J connectivity index is 1.65. The molecule has 136 valence electrons. The first-order valence-electron chi connectivity index (χ1n) is 9.16. The molecular weight excluding hydrogens is 326 g/mol. The van der Waals surface area contributed by atoms with Gasteiger partial charge in [0.1, 0.15) is 11.6 Å². The molecule has 0 bridgehead atoms. The van der Waals surface area contributed by atoms with Gasteiger partial charge in [0, 0.05) is 13.0 Å². The topological polar surface area (TPSA) is 56.2 Å². The van der Waals surface area contributed by atoms with Crippen LogP contribution in [0.25, 0.3) is 11.0 Å². The maximum Gasteiger partial charge on any atom is 0.220 e. The summed E-state index contributed by atoms with van der Waals surface area (Å²) in [6.45, 7) is 3.89. The molecule has 1 aromatic heterocycles. The maximum atomic E-state index is 11.8. The first kappa shape index (κ1) is 18.0. The zero-order valence-corrected chi connectivity index (χ0v) is 15.1. The van der Waals surface area contributed by atoms with Crippen molar-refractivity contribution < 1.29 is 9.53 Å². The van der Waals surface area contributed by atoms with Gasteiger partial charge in [0.2, 0.25) is 5.91 Å². The van der Waals surface area contributed by atoms with Gasteiger partial charge in [-0.2, -0.15) is 0 Å². The van der Waals surface area contributed by atoms with Gasteiger partial charge in [-0.05, 0) is 37.1 Å². The monoisotopic (exact) mass is 351 g/mol. The van der Waals surface area contributed by atoms with Crippen LogP contribution in [-0.4, -0.2) is 22.1 Å². The smallest absolute Gasteiger partial charge is 0.220 e. The minimum absolute atomic E-state index is 0.0681. The zero-order chi connectivity index (χ0) is 18.2. The fourth-order valence-electron chi connectivity index (χ4n) is 2.93. The summed E-state index contributed by atoms with van der Waals surface area (Å²) in [6.07, 6.45) is 2.26. The van der Waals surface area contributed by atoms with Gasteiger partial charge >= 0.3 is 0 Å². The van der Waals surface area contributed by atoms with Crippen LogP contribution in [0.2, 0.25) is 0 Å². The number of benzene rings is 2. The van der Waals surface area contributed by atoms with Crippen molar-refractivity contribution in [3.8, 4) is 5.75 Å². The largest absolute Gasteiger partial charge is 0.494 e. The number of carbonyl (C=O) groups excluding carboxylic acids is 1. The lowest BCUT2D eigenvalue weighted by Crippen LogP contribution is -2.24. The molecule has 26 heavy (non-hydrogen) atoms. The summed E-state index contributed by atoms with van der Waals surface area (Å²) in [5, 5.41) is 2.96. The third kappa shape index (κ3) is 4.63. The molecule has 2 aromatic carbocycles. The minimum atomic E-state index is 0.0681. The lowest BCUT2D eigenvalue weighted by molar-refractivity contribution is -0.121. The normalized spacial score (nSPS) is 10.8. The van der Waals surface area contributed by atoms with Gasteiger partial charge in [0.15, 0.2) is 0 Å². The number of imidazole rings is 1. The summed E-state index contributed by atoms with van der Waals surface area (Å²) >= 11 is 0. The van der Waals surface area contributed by atoms with Gasteiger partial charge in [0.05, 0.1) is 24.2 Å². The summed E-state index contributed by atoms with van der Waals surface area (Å²) in [5.41, 5.74) is 2.04. The van der Waals surface area contributed by atoms with E-state index in [-0.39, 0.29) is 5.91 Å². The third-order valence-electron chi connectivity index (χ3n) is 4.19. The van der Waals surface area contributed by atoms with E-state index in [1.165, 1.54) is 0 Å². The van der Waals surface area contributed by atoms with Gasteiger partial charge < -0.3 is 14.6 Å². The van der Waals surface area contributed by atoms with Crippen LogP contribution < -0.4 is 10.1 Å². The number of aryl methyl sites for hydroxylation is 1. The van der Waals surface area contributed by atoms with Crippen LogP contribution in [0.15, 0.2) is 54.6 Å². The van der Waals surface area contributed by atoms with Crippen LogP contribution in [0, 0.1) is 0 Å². The van der Waals surface area contributed by atoms with Crippen molar-refractivity contribution >= 4 is 16.9 Å². The first-order chi connectivity index (χ1) is 12.8. The summed E-state index contributed by atoms with van der Waals surface area (Å²) in [4.78, 5) is 16.5. The van der Waals surface area contributed by atoms with Gasteiger partial charge in [0.25, 0.3) is 0 Å². The van der Waals surface area contributed by atoms with E-state index in [1.807, 2.05) is 55.5 Å². The molecule has 5 nitrogen and oxygen atoms in total. The average molecular weight is 351 g/mol. The molecule has 5 heteroatoms. The van der Waals surface area contributed by atoms with Crippen molar-refractivity contribution in [3.63, 3.8) is 0 Å². The molecule has 3 rings (SSSR count). The van der Waals surface area contributed by atoms with Gasteiger partial charge in [-0.25, -0.2) is 4.98 Å². The molecule has 0 aliphatic rings. The Kier molecular flexibility index (Phi) is 6.25. The highest BCUT2D eigenvalue weighted by atomic mass is 16.5. The highest BCUT2D eigenvalue weighted by molar-refractivity contribution is 5.77. The van der Waals surface area contributed by atoms with Crippen molar-refractivity contribution in [2.75, 3.05) is 6.61 Å². The molecule has 0 saturated heterocycles. The third-order valence-corrected chi connectivity index (χ3v) is 4.19. The van der Waals surface area contributed by atoms with Crippen molar-refractivity contribution in [1.29, 1.82) is 0 Å². The van der Waals surface area contributed by atoms with E-state index in [9.17, 15) is 4.79 Å². The second kappa shape index (κ2) is 9.04. The van der Waals surface area contributed by atoms with Gasteiger partial charge in [-0.15, -0.1) is 0 Å². The molecule has 0 radical (unpaired) electrons. The molecule has 1 N–H and O–H groups in total. The van der Waals surface area contributed by atoms with Crippen molar-refractivity contribution in [2.45, 2.75) is 39.3 Å². The van der Waals surface area contributed by atoms with E-state index >= 15 is 0 Å². The number of hydrogen-bond donors (Lipinski definition) is 1. The molecule has 0 aliphatic heterocycles. The van der Waals surface area contributed by atoms with Crippen LogP contribution in [0.1, 0.15) is 32.0 Å². The van der Waals surface area contributed by atoms with Crippen molar-refractivity contribution in [2.24, 2.45) is 0 Å². The van der Waals surface area contributed by atoms with Crippen LogP contribution >= 0.6 is 0 Å². The number of aromatic nitrogens is 2. The Morgan fingerprint density at radius 2 is 1.88 bits per heavy atom. The van der Waals surface area contributed by atoms with Crippen LogP contribution in [0.3, 0.4) is 0 Å². The number of nitrogens with one attached hydrogen (secondary N) is 1. The Morgan fingerprint density at radius 1 is 1.12 bits per heavy atom. The van der Waals surface area contributed by atoms with E-state index in [0.29, 0.717) is 19.6 Å². The Morgan fingerprint density at radius 3 is 2.69 bits per heavy atom. The SMILES string of the molecule is CCCC(=O)NCc1nc2ccccc2n1CCCOc1ccccc1. The predicted octanol–water partition coefficient (Wildman–Crippen LogP) is 3.92. The molecule has 0 saturated carbocycles. The number of ether oxygens (including phenoxy) is 1. The van der Waals surface area contributed by atoms with E-state index in [1.54, 1.807) is 0 Å². The van der Waals surface area contributed by atoms with Crippen LogP contribution in [0.5, 0.6) is 5.75 Å². The van der Waals surface area contributed by atoms with Crippen LogP contribution in [0.4, 0.5) is 0 Å². The molecule has 0 spiro atoms. The Labute approximate surface area is 154 Å². The molecular formula is C21H25N3O2. The molecule has 3 aromatic rings. The standard InChI is InChI=1S/C21H25N3O2/c1-2-9-21(25)22-16-20-23-18-12-6-7-13-19(18)24(20)14-8-15-26-17-10-4-3-5-11-17/h3-7,10-13H,2,8-9,14-16H2,1H3,(H,22,25). The summed E-state index contributed by atoms with van der Waals surface area (Å²) < 4.78 is 7.96. The fourth-order valence-corrected chi connectivity index (χ4v) is 2.93.